The van der Waals surface area contributed by atoms with Crippen molar-refractivity contribution in [2.75, 3.05) is 0 Å². The molecule has 0 aliphatic carbocycles. The zero-order valence-electron chi connectivity index (χ0n) is 7.98. The van der Waals surface area contributed by atoms with Gasteiger partial charge < -0.3 is 0 Å². The fraction of sp³-hybridized carbons (Fsp3) is 0. The molecule has 0 radical (unpaired) electrons. The second kappa shape index (κ2) is 4.92. The summed E-state index contributed by atoms with van der Waals surface area (Å²) >= 11 is 0. The van der Waals surface area contributed by atoms with Crippen LogP contribution in [0.3, 0.4) is 0 Å². The maximum Gasteiger partial charge on any atom is 0.0717 e. The van der Waals surface area contributed by atoms with Gasteiger partial charge in [0.2, 0.25) is 0 Å². The molecule has 14 heavy (non-hydrogen) atoms. The van der Waals surface area contributed by atoms with Crippen LogP contribution in [-0.4, -0.2) is 10.7 Å². The quantitative estimate of drug-likeness (QED) is 0.660. The minimum Gasteiger partial charge on any atom is -0.257 e. The molecule has 0 aliphatic rings. The molecule has 0 unspecified atom stereocenters. The van der Waals surface area contributed by atoms with Gasteiger partial charge in [-0.1, -0.05) is 25.8 Å². The molecule has 0 spiro atoms. The SMILES string of the molecule is C=CN=C(C=C)C(=C)c1ccccn1. The Hall–Kier alpha value is -1.96. The van der Waals surface area contributed by atoms with Gasteiger partial charge in [0.1, 0.15) is 0 Å². The Labute approximate surface area is 84.0 Å². The van der Waals surface area contributed by atoms with Gasteiger partial charge in [0.05, 0.1) is 11.4 Å². The van der Waals surface area contributed by atoms with E-state index in [9.17, 15) is 0 Å². The van der Waals surface area contributed by atoms with Crippen LogP contribution in [0.1, 0.15) is 5.69 Å². The molecule has 1 rings (SSSR count). The molecule has 1 heterocycles. The van der Waals surface area contributed by atoms with Crippen molar-refractivity contribution in [1.29, 1.82) is 0 Å². The second-order valence-electron chi connectivity index (χ2n) is 2.59. The van der Waals surface area contributed by atoms with E-state index in [0.29, 0.717) is 5.71 Å². The highest BCUT2D eigenvalue weighted by Gasteiger charge is 2.03. The molecule has 1 aromatic heterocycles. The number of aliphatic imine (C=N–C) groups is 1. The molecule has 0 N–H and O–H groups in total. The van der Waals surface area contributed by atoms with Crippen LogP contribution in [0.2, 0.25) is 0 Å². The summed E-state index contributed by atoms with van der Waals surface area (Å²) in [6, 6.07) is 5.64. The maximum absolute atomic E-state index is 4.17. The second-order valence-corrected chi connectivity index (χ2v) is 2.59. The van der Waals surface area contributed by atoms with Gasteiger partial charge in [0.15, 0.2) is 0 Å². The van der Waals surface area contributed by atoms with E-state index in [1.165, 1.54) is 6.20 Å². The standard InChI is InChI=1S/C12H12N2/c1-4-11(13-5-2)10(3)12-8-6-7-9-14-12/h4-9H,1-3H2. The Morgan fingerprint density at radius 1 is 1.36 bits per heavy atom. The Kier molecular flexibility index (Phi) is 3.56. The van der Waals surface area contributed by atoms with Crippen molar-refractivity contribution in [2.45, 2.75) is 0 Å². The Morgan fingerprint density at radius 2 is 2.14 bits per heavy atom. The van der Waals surface area contributed by atoms with E-state index in [4.69, 9.17) is 0 Å². The lowest BCUT2D eigenvalue weighted by Crippen LogP contribution is -1.98. The van der Waals surface area contributed by atoms with Crippen LogP contribution in [0, 0.1) is 0 Å². The predicted octanol–water partition coefficient (Wildman–Crippen LogP) is 2.87. The summed E-state index contributed by atoms with van der Waals surface area (Å²) in [5.41, 5.74) is 2.24. The van der Waals surface area contributed by atoms with Crippen LogP contribution in [0.25, 0.3) is 5.57 Å². The summed E-state index contributed by atoms with van der Waals surface area (Å²) in [5.74, 6) is 0. The third kappa shape index (κ3) is 2.26. The largest absolute Gasteiger partial charge is 0.257 e. The van der Waals surface area contributed by atoms with Crippen molar-refractivity contribution in [1.82, 2.24) is 4.98 Å². The monoisotopic (exact) mass is 184 g/mol. The highest BCUT2D eigenvalue weighted by Crippen LogP contribution is 2.11. The van der Waals surface area contributed by atoms with Gasteiger partial charge in [-0.15, -0.1) is 0 Å². The Morgan fingerprint density at radius 3 is 2.64 bits per heavy atom. The van der Waals surface area contributed by atoms with Crippen molar-refractivity contribution in [2.24, 2.45) is 4.99 Å². The number of hydrogen-bond donors (Lipinski definition) is 0. The van der Waals surface area contributed by atoms with Gasteiger partial charge in [-0.05, 0) is 18.2 Å². The molecular weight excluding hydrogens is 172 g/mol. The molecule has 0 bridgehead atoms. The molecular formula is C12H12N2. The minimum atomic E-state index is 0.693. The maximum atomic E-state index is 4.17. The summed E-state index contributed by atoms with van der Waals surface area (Å²) in [4.78, 5) is 8.21. The van der Waals surface area contributed by atoms with Crippen LogP contribution >= 0.6 is 0 Å². The number of allylic oxidation sites excluding steroid dienone is 2. The van der Waals surface area contributed by atoms with E-state index < -0.39 is 0 Å². The van der Waals surface area contributed by atoms with Gasteiger partial charge in [-0.2, -0.15) is 0 Å². The molecule has 0 aromatic carbocycles. The molecule has 0 saturated heterocycles. The van der Waals surface area contributed by atoms with E-state index in [-0.39, 0.29) is 0 Å². The molecule has 0 saturated carbocycles. The van der Waals surface area contributed by atoms with Gasteiger partial charge >= 0.3 is 0 Å². The third-order valence-corrected chi connectivity index (χ3v) is 1.71. The number of aromatic nitrogens is 1. The first-order valence-corrected chi connectivity index (χ1v) is 4.21. The average Bonchev–Trinajstić information content (AvgIpc) is 2.26. The third-order valence-electron chi connectivity index (χ3n) is 1.71. The van der Waals surface area contributed by atoms with E-state index in [2.05, 4.69) is 29.7 Å². The molecule has 0 atom stereocenters. The highest BCUT2D eigenvalue weighted by atomic mass is 14.7. The fourth-order valence-electron chi connectivity index (χ4n) is 1.02. The summed E-state index contributed by atoms with van der Waals surface area (Å²) in [6.07, 6.45) is 4.82. The number of hydrogen-bond acceptors (Lipinski definition) is 2. The first kappa shape index (κ1) is 10.1. The zero-order chi connectivity index (χ0) is 10.4. The lowest BCUT2D eigenvalue weighted by Gasteiger charge is -2.03. The number of rotatable bonds is 4. The van der Waals surface area contributed by atoms with Crippen molar-refractivity contribution < 1.29 is 0 Å². The molecule has 2 nitrogen and oxygen atoms in total. The van der Waals surface area contributed by atoms with E-state index in [1.807, 2.05) is 18.2 Å². The number of pyridine rings is 1. The van der Waals surface area contributed by atoms with Crippen molar-refractivity contribution >= 4 is 11.3 Å². The van der Waals surface area contributed by atoms with Gasteiger partial charge in [-0.25, -0.2) is 0 Å². The summed E-state index contributed by atoms with van der Waals surface area (Å²) in [6.45, 7) is 11.1. The molecule has 70 valence electrons. The molecule has 0 amide bonds. The Balaban J connectivity index is 3.01. The van der Waals surface area contributed by atoms with Gasteiger partial charge in [-0.3, -0.25) is 9.98 Å². The average molecular weight is 184 g/mol. The van der Waals surface area contributed by atoms with Crippen molar-refractivity contribution in [3.8, 4) is 0 Å². The van der Waals surface area contributed by atoms with E-state index in [1.54, 1.807) is 12.3 Å². The first-order valence-electron chi connectivity index (χ1n) is 4.21. The summed E-state index contributed by atoms with van der Waals surface area (Å²) in [7, 11) is 0. The fourth-order valence-corrected chi connectivity index (χ4v) is 1.02. The van der Waals surface area contributed by atoms with Crippen LogP contribution in [0.15, 0.2) is 61.4 Å². The molecule has 1 aromatic rings. The minimum absolute atomic E-state index is 0.693. The normalized spacial score (nSPS) is 10.7. The van der Waals surface area contributed by atoms with Crippen LogP contribution < -0.4 is 0 Å². The van der Waals surface area contributed by atoms with Crippen LogP contribution in [0.4, 0.5) is 0 Å². The van der Waals surface area contributed by atoms with E-state index in [0.717, 1.165) is 11.3 Å². The molecule has 2 heteroatoms. The lowest BCUT2D eigenvalue weighted by atomic mass is 10.1. The van der Waals surface area contributed by atoms with E-state index >= 15 is 0 Å². The smallest absolute Gasteiger partial charge is 0.0717 e. The number of nitrogens with zero attached hydrogens (tertiary/aromatic N) is 2. The molecule has 0 aliphatic heterocycles. The van der Waals surface area contributed by atoms with Gasteiger partial charge in [0.25, 0.3) is 0 Å². The highest BCUT2D eigenvalue weighted by molar-refractivity contribution is 6.28. The lowest BCUT2D eigenvalue weighted by molar-refractivity contribution is 1.29. The zero-order valence-corrected chi connectivity index (χ0v) is 7.98. The Bertz CT molecular complexity index is 375. The van der Waals surface area contributed by atoms with Crippen molar-refractivity contribution in [3.05, 3.63) is 62.1 Å². The predicted molar refractivity (Wildman–Crippen MR) is 61.1 cm³/mol. The van der Waals surface area contributed by atoms with Crippen LogP contribution in [0.5, 0.6) is 0 Å². The summed E-state index contributed by atoms with van der Waals surface area (Å²) in [5, 5.41) is 0. The first-order chi connectivity index (χ1) is 6.79. The summed E-state index contributed by atoms with van der Waals surface area (Å²) < 4.78 is 0. The van der Waals surface area contributed by atoms with Crippen LogP contribution in [-0.2, 0) is 0 Å². The topological polar surface area (TPSA) is 25.2 Å². The van der Waals surface area contributed by atoms with Crippen molar-refractivity contribution in [3.63, 3.8) is 0 Å². The molecule has 0 fully saturated rings. The van der Waals surface area contributed by atoms with Gasteiger partial charge in [0, 0.05) is 18.0 Å².